The van der Waals surface area contributed by atoms with E-state index in [-0.39, 0.29) is 0 Å². The minimum atomic E-state index is 1.20. The van der Waals surface area contributed by atoms with Gasteiger partial charge in [0.05, 0.1) is 13.1 Å². The lowest BCUT2D eigenvalue weighted by Crippen LogP contribution is -2.37. The van der Waals surface area contributed by atoms with Crippen LogP contribution in [0.25, 0.3) is 0 Å². The van der Waals surface area contributed by atoms with Crippen molar-refractivity contribution in [1.82, 2.24) is 4.57 Å². The zero-order chi connectivity index (χ0) is 28.8. The highest BCUT2D eigenvalue weighted by molar-refractivity contribution is 4.84. The van der Waals surface area contributed by atoms with Crippen molar-refractivity contribution in [2.24, 2.45) is 0 Å². The third-order valence-corrected chi connectivity index (χ3v) is 9.10. The van der Waals surface area contributed by atoms with Crippen molar-refractivity contribution in [3.05, 3.63) is 18.2 Å². The number of rotatable bonds is 32. The number of unbranched alkanes of at least 4 members (excludes halogenated alkanes) is 26. The van der Waals surface area contributed by atoms with Crippen LogP contribution in [0, 0.1) is 0 Å². The lowest BCUT2D eigenvalue weighted by Gasteiger charge is -2.07. The van der Waals surface area contributed by atoms with E-state index >= 15 is 0 Å². The van der Waals surface area contributed by atoms with E-state index in [0.717, 1.165) is 0 Å². The Labute approximate surface area is 253 Å². The first kappa shape index (κ1) is 37.2. The summed E-state index contributed by atoms with van der Waals surface area (Å²) in [6.07, 6.45) is 47.5. The Morgan fingerprint density at radius 2 is 0.775 bits per heavy atom. The van der Waals surface area contributed by atoms with E-state index in [1.807, 2.05) is 0 Å². The van der Waals surface area contributed by atoms with Crippen molar-refractivity contribution in [3.8, 4) is 0 Å². The summed E-state index contributed by atoms with van der Waals surface area (Å²) >= 11 is 0. The van der Waals surface area contributed by atoms with Crippen LogP contribution in [-0.4, -0.2) is 4.57 Å². The Bertz CT molecular complexity index is 619. The van der Waals surface area contributed by atoms with E-state index in [2.05, 4.69) is 42.3 Å². The first-order valence-corrected chi connectivity index (χ1v) is 18.9. The maximum Gasteiger partial charge on any atom is 0.256 e. The van der Waals surface area contributed by atoms with E-state index in [9.17, 15) is 0 Å². The third kappa shape index (κ3) is 21.9. The molecule has 2 heteroatoms. The van der Waals surface area contributed by atoms with E-state index in [1.54, 1.807) is 5.82 Å². The SMILES string of the molecule is CCCCCCCCCCCCCCCCCCc1n(CCCC)cc[n+]1CCCCCCCCCCCCC. The van der Waals surface area contributed by atoms with Crippen LogP contribution in [0.3, 0.4) is 0 Å². The summed E-state index contributed by atoms with van der Waals surface area (Å²) in [7, 11) is 0. The fraction of sp³-hybridized carbons (Fsp3) is 0.921. The van der Waals surface area contributed by atoms with E-state index in [0.29, 0.717) is 0 Å². The highest BCUT2D eigenvalue weighted by Gasteiger charge is 2.16. The minimum absolute atomic E-state index is 1.20. The Hall–Kier alpha value is -0.790. The molecule has 236 valence electrons. The number of hydrogen-bond acceptors (Lipinski definition) is 0. The Kier molecular flexibility index (Phi) is 27.6. The molecular weight excluding hydrogens is 484 g/mol. The lowest BCUT2D eigenvalue weighted by atomic mass is 10.0. The molecule has 1 heterocycles. The molecule has 0 saturated heterocycles. The molecule has 0 aliphatic carbocycles. The van der Waals surface area contributed by atoms with Crippen LogP contribution in [0.15, 0.2) is 12.4 Å². The molecule has 0 amide bonds. The molecule has 0 unspecified atom stereocenters. The third-order valence-electron chi connectivity index (χ3n) is 9.10. The van der Waals surface area contributed by atoms with Crippen LogP contribution in [0.4, 0.5) is 0 Å². The first-order chi connectivity index (χ1) is 19.8. The summed E-state index contributed by atoms with van der Waals surface area (Å²) in [4.78, 5) is 0. The van der Waals surface area contributed by atoms with Crippen LogP contribution in [0.1, 0.15) is 213 Å². The minimum Gasteiger partial charge on any atom is -0.234 e. The maximum absolute atomic E-state index is 2.61. The van der Waals surface area contributed by atoms with Crippen molar-refractivity contribution < 1.29 is 4.57 Å². The molecule has 0 aromatic carbocycles. The van der Waals surface area contributed by atoms with Gasteiger partial charge in [-0.3, -0.25) is 0 Å². The number of aryl methyl sites for hydroxylation is 2. The van der Waals surface area contributed by atoms with Gasteiger partial charge in [0.25, 0.3) is 5.82 Å². The van der Waals surface area contributed by atoms with Gasteiger partial charge in [0.1, 0.15) is 12.4 Å². The first-order valence-electron chi connectivity index (χ1n) is 18.9. The highest BCUT2D eigenvalue weighted by atomic mass is 15.1. The van der Waals surface area contributed by atoms with E-state index in [1.165, 1.54) is 206 Å². The molecule has 0 spiro atoms. The summed E-state index contributed by atoms with van der Waals surface area (Å²) in [6, 6.07) is 0. The molecule has 0 aliphatic rings. The molecule has 0 fully saturated rings. The molecule has 0 radical (unpaired) electrons. The predicted octanol–water partition coefficient (Wildman–Crippen LogP) is 12.7. The van der Waals surface area contributed by atoms with Crippen LogP contribution >= 0.6 is 0 Å². The quantitative estimate of drug-likeness (QED) is 0.0613. The topological polar surface area (TPSA) is 8.81 Å². The standard InChI is InChI=1S/C38H75N2/c1-4-7-10-12-14-16-18-19-20-21-22-23-25-27-29-31-33-38-39(34-9-6-3)36-37-40(38)35-32-30-28-26-24-17-15-13-11-8-5-2/h36-37H,4-35H2,1-3H3/q+1. The molecular formula is C38H75N2+. The zero-order valence-electron chi connectivity index (χ0n) is 28.2. The maximum atomic E-state index is 2.61. The summed E-state index contributed by atoms with van der Waals surface area (Å²) in [6.45, 7) is 9.37. The fourth-order valence-electron chi connectivity index (χ4n) is 6.30. The number of hydrogen-bond donors (Lipinski definition) is 0. The van der Waals surface area contributed by atoms with Crippen molar-refractivity contribution in [2.75, 3.05) is 0 Å². The Morgan fingerprint density at radius 3 is 1.18 bits per heavy atom. The number of aromatic nitrogens is 2. The van der Waals surface area contributed by atoms with Gasteiger partial charge in [0.2, 0.25) is 0 Å². The van der Waals surface area contributed by atoms with Gasteiger partial charge < -0.3 is 0 Å². The van der Waals surface area contributed by atoms with Crippen molar-refractivity contribution >= 4 is 0 Å². The fourth-order valence-corrected chi connectivity index (χ4v) is 6.30. The second kappa shape index (κ2) is 29.7. The van der Waals surface area contributed by atoms with Crippen LogP contribution < -0.4 is 4.57 Å². The second-order valence-corrected chi connectivity index (χ2v) is 13.0. The summed E-state index contributed by atoms with van der Waals surface area (Å²) in [5.74, 6) is 1.60. The van der Waals surface area contributed by atoms with Crippen molar-refractivity contribution in [3.63, 3.8) is 0 Å². The number of imidazole rings is 1. The van der Waals surface area contributed by atoms with Gasteiger partial charge in [-0.15, -0.1) is 0 Å². The monoisotopic (exact) mass is 560 g/mol. The summed E-state index contributed by atoms with van der Waals surface area (Å²) in [5, 5.41) is 0. The van der Waals surface area contributed by atoms with Crippen LogP contribution in [-0.2, 0) is 19.5 Å². The van der Waals surface area contributed by atoms with Gasteiger partial charge in [0, 0.05) is 6.42 Å². The number of nitrogens with zero attached hydrogens (tertiary/aromatic N) is 2. The average Bonchev–Trinajstić information content (AvgIpc) is 3.35. The van der Waals surface area contributed by atoms with Gasteiger partial charge >= 0.3 is 0 Å². The van der Waals surface area contributed by atoms with Gasteiger partial charge in [-0.05, 0) is 25.7 Å². The Morgan fingerprint density at radius 1 is 0.425 bits per heavy atom. The van der Waals surface area contributed by atoms with E-state index in [4.69, 9.17) is 0 Å². The van der Waals surface area contributed by atoms with Gasteiger partial charge in [-0.1, -0.05) is 181 Å². The average molecular weight is 560 g/mol. The molecule has 0 atom stereocenters. The molecule has 2 nitrogen and oxygen atoms in total. The molecule has 0 saturated carbocycles. The molecule has 1 aromatic rings. The smallest absolute Gasteiger partial charge is 0.234 e. The molecule has 0 N–H and O–H groups in total. The predicted molar refractivity (Wildman–Crippen MR) is 179 cm³/mol. The van der Waals surface area contributed by atoms with Crippen molar-refractivity contribution in [2.45, 2.75) is 226 Å². The van der Waals surface area contributed by atoms with Gasteiger partial charge in [-0.25, -0.2) is 9.13 Å². The van der Waals surface area contributed by atoms with Crippen LogP contribution in [0.2, 0.25) is 0 Å². The highest BCUT2D eigenvalue weighted by Crippen LogP contribution is 2.15. The largest absolute Gasteiger partial charge is 0.256 e. The summed E-state index contributed by atoms with van der Waals surface area (Å²) < 4.78 is 5.18. The Balaban J connectivity index is 2.09. The molecule has 1 rings (SSSR count). The summed E-state index contributed by atoms with van der Waals surface area (Å²) in [5.41, 5.74) is 0. The van der Waals surface area contributed by atoms with Gasteiger partial charge in [-0.2, -0.15) is 0 Å². The van der Waals surface area contributed by atoms with Crippen molar-refractivity contribution in [1.29, 1.82) is 0 Å². The van der Waals surface area contributed by atoms with Gasteiger partial charge in [0.15, 0.2) is 0 Å². The molecule has 1 aromatic heterocycles. The molecule has 40 heavy (non-hydrogen) atoms. The molecule has 0 aliphatic heterocycles. The zero-order valence-corrected chi connectivity index (χ0v) is 28.2. The normalized spacial score (nSPS) is 11.6. The van der Waals surface area contributed by atoms with Crippen LogP contribution in [0.5, 0.6) is 0 Å². The lowest BCUT2D eigenvalue weighted by molar-refractivity contribution is -0.704. The molecule has 0 bridgehead atoms. The van der Waals surface area contributed by atoms with E-state index < -0.39 is 0 Å². The second-order valence-electron chi connectivity index (χ2n) is 13.0.